The van der Waals surface area contributed by atoms with Crippen LogP contribution in [0.2, 0.25) is 0 Å². The van der Waals surface area contributed by atoms with E-state index in [2.05, 4.69) is 20.2 Å². The molecule has 0 aromatic carbocycles. The van der Waals surface area contributed by atoms with Crippen molar-refractivity contribution in [2.75, 3.05) is 18.0 Å². The van der Waals surface area contributed by atoms with E-state index in [0.29, 0.717) is 11.9 Å². The van der Waals surface area contributed by atoms with Crippen LogP contribution in [0.1, 0.15) is 44.9 Å². The number of nitrogens with one attached hydrogen (secondary N) is 1. The van der Waals surface area contributed by atoms with Gasteiger partial charge in [-0.1, -0.05) is 6.42 Å². The lowest BCUT2D eigenvalue weighted by molar-refractivity contribution is -0.126. The van der Waals surface area contributed by atoms with Crippen molar-refractivity contribution in [3.8, 4) is 0 Å². The highest BCUT2D eigenvalue weighted by molar-refractivity contribution is 5.79. The number of amides is 1. The summed E-state index contributed by atoms with van der Waals surface area (Å²) in [7, 11) is 0. The zero-order chi connectivity index (χ0) is 16.8. The Morgan fingerprint density at radius 2 is 1.76 bits per heavy atom. The van der Waals surface area contributed by atoms with Gasteiger partial charge in [0.2, 0.25) is 11.9 Å². The number of aromatic nitrogens is 2. The van der Waals surface area contributed by atoms with Gasteiger partial charge < -0.3 is 10.2 Å². The molecule has 1 amide bonds. The lowest BCUT2D eigenvalue weighted by Gasteiger charge is -2.35. The first-order valence-electron chi connectivity index (χ1n) is 10.1. The van der Waals surface area contributed by atoms with Crippen LogP contribution in [0.25, 0.3) is 0 Å². The number of piperidine rings is 1. The van der Waals surface area contributed by atoms with Crippen LogP contribution in [-0.4, -0.2) is 35.0 Å². The molecule has 1 aromatic heterocycles. The fourth-order valence-corrected chi connectivity index (χ4v) is 6.33. The van der Waals surface area contributed by atoms with Crippen molar-refractivity contribution in [3.63, 3.8) is 0 Å². The summed E-state index contributed by atoms with van der Waals surface area (Å²) in [5.74, 6) is 4.86. The third-order valence-corrected chi connectivity index (χ3v) is 7.46. The molecule has 5 rings (SSSR count). The van der Waals surface area contributed by atoms with Gasteiger partial charge >= 0.3 is 0 Å². The molecule has 5 unspecified atom stereocenters. The lowest BCUT2D eigenvalue weighted by atomic mass is 9.79. The van der Waals surface area contributed by atoms with Gasteiger partial charge in [0.25, 0.3) is 0 Å². The van der Waals surface area contributed by atoms with Gasteiger partial charge in [0.15, 0.2) is 0 Å². The molecule has 2 heterocycles. The molecule has 134 valence electrons. The van der Waals surface area contributed by atoms with Crippen LogP contribution in [0.15, 0.2) is 18.5 Å². The molecule has 2 bridgehead atoms. The first-order valence-corrected chi connectivity index (χ1v) is 10.1. The van der Waals surface area contributed by atoms with E-state index < -0.39 is 0 Å². The molecule has 25 heavy (non-hydrogen) atoms. The first kappa shape index (κ1) is 15.6. The third-order valence-electron chi connectivity index (χ3n) is 7.46. The SMILES string of the molecule is O=C(NC1CC2CC1C1CCCC21)C1CCN(c2ncccn2)CC1. The van der Waals surface area contributed by atoms with Crippen molar-refractivity contribution in [3.05, 3.63) is 18.5 Å². The van der Waals surface area contributed by atoms with Crippen molar-refractivity contribution < 1.29 is 4.79 Å². The van der Waals surface area contributed by atoms with Crippen LogP contribution in [0, 0.1) is 29.6 Å². The van der Waals surface area contributed by atoms with Crippen LogP contribution in [0.3, 0.4) is 0 Å². The highest BCUT2D eigenvalue weighted by Gasteiger charge is 2.54. The smallest absolute Gasteiger partial charge is 0.225 e. The Labute approximate surface area is 149 Å². The average molecular weight is 340 g/mol. The second-order valence-corrected chi connectivity index (χ2v) is 8.58. The summed E-state index contributed by atoms with van der Waals surface area (Å²) in [5, 5.41) is 3.46. The average Bonchev–Trinajstić information content (AvgIpc) is 3.36. The minimum absolute atomic E-state index is 0.165. The zero-order valence-corrected chi connectivity index (χ0v) is 14.8. The monoisotopic (exact) mass is 340 g/mol. The molecule has 4 aliphatic rings. The molecule has 0 radical (unpaired) electrons. The van der Waals surface area contributed by atoms with Crippen LogP contribution >= 0.6 is 0 Å². The van der Waals surface area contributed by atoms with E-state index in [0.717, 1.165) is 55.6 Å². The molecule has 1 aliphatic heterocycles. The van der Waals surface area contributed by atoms with Gasteiger partial charge in [-0.15, -0.1) is 0 Å². The predicted octanol–water partition coefficient (Wildman–Crippen LogP) is 2.63. The molecular weight excluding hydrogens is 312 g/mol. The Morgan fingerprint density at radius 3 is 2.56 bits per heavy atom. The van der Waals surface area contributed by atoms with E-state index in [4.69, 9.17) is 0 Å². The molecule has 3 saturated carbocycles. The zero-order valence-electron chi connectivity index (χ0n) is 14.8. The molecule has 0 spiro atoms. The number of hydrogen-bond donors (Lipinski definition) is 1. The molecular formula is C20H28N4O. The number of hydrogen-bond acceptors (Lipinski definition) is 4. The lowest BCUT2D eigenvalue weighted by Crippen LogP contribution is -2.47. The van der Waals surface area contributed by atoms with Gasteiger partial charge in [0.1, 0.15) is 0 Å². The van der Waals surface area contributed by atoms with E-state index in [1.54, 1.807) is 12.4 Å². The van der Waals surface area contributed by atoms with E-state index in [-0.39, 0.29) is 5.92 Å². The maximum Gasteiger partial charge on any atom is 0.225 e. The van der Waals surface area contributed by atoms with E-state index >= 15 is 0 Å². The van der Waals surface area contributed by atoms with Crippen molar-refractivity contribution in [1.82, 2.24) is 15.3 Å². The number of carbonyl (C=O) groups excluding carboxylic acids is 1. The Morgan fingerprint density at radius 1 is 1.00 bits per heavy atom. The summed E-state index contributed by atoms with van der Waals surface area (Å²) in [6.07, 6.45) is 12.3. The van der Waals surface area contributed by atoms with Crippen LogP contribution in [0.5, 0.6) is 0 Å². The largest absolute Gasteiger partial charge is 0.353 e. The fourth-order valence-electron chi connectivity index (χ4n) is 6.33. The fraction of sp³-hybridized carbons (Fsp3) is 0.750. The van der Waals surface area contributed by atoms with Crippen molar-refractivity contribution >= 4 is 11.9 Å². The van der Waals surface area contributed by atoms with E-state index in [1.165, 1.54) is 32.1 Å². The maximum absolute atomic E-state index is 12.8. The summed E-state index contributed by atoms with van der Waals surface area (Å²) in [6.45, 7) is 1.76. The van der Waals surface area contributed by atoms with E-state index in [1.807, 2.05) is 6.07 Å². The quantitative estimate of drug-likeness (QED) is 0.919. The minimum Gasteiger partial charge on any atom is -0.353 e. The Hall–Kier alpha value is -1.65. The second-order valence-electron chi connectivity index (χ2n) is 8.58. The molecule has 1 aromatic rings. The van der Waals surface area contributed by atoms with Gasteiger partial charge in [-0.3, -0.25) is 4.79 Å². The normalized spacial score (nSPS) is 37.3. The standard InChI is InChI=1S/C20H28N4O/c25-19(13-5-9-24(10-6-13)20-21-7-2-8-22-20)23-18-12-14-11-17(18)16-4-1-3-15(14)16/h2,7-8,13-18H,1,3-6,9-12H2,(H,23,25). The molecule has 5 atom stereocenters. The summed E-state index contributed by atoms with van der Waals surface area (Å²) >= 11 is 0. The minimum atomic E-state index is 0.165. The number of rotatable bonds is 3. The number of carbonyl (C=O) groups is 1. The highest BCUT2D eigenvalue weighted by Crippen LogP contribution is 2.58. The Kier molecular flexibility index (Phi) is 3.90. The third kappa shape index (κ3) is 2.72. The Bertz CT molecular complexity index is 628. The molecule has 5 heteroatoms. The molecule has 3 aliphatic carbocycles. The molecule has 5 nitrogen and oxygen atoms in total. The number of anilines is 1. The van der Waals surface area contributed by atoms with Crippen LogP contribution in [0.4, 0.5) is 5.95 Å². The Balaban J connectivity index is 1.15. The summed E-state index contributed by atoms with van der Waals surface area (Å²) < 4.78 is 0. The molecule has 1 N–H and O–H groups in total. The summed E-state index contributed by atoms with van der Waals surface area (Å²) in [5.41, 5.74) is 0. The van der Waals surface area contributed by atoms with Gasteiger partial charge in [0, 0.05) is 37.4 Å². The predicted molar refractivity (Wildman–Crippen MR) is 95.9 cm³/mol. The summed E-state index contributed by atoms with van der Waals surface area (Å²) in [6, 6.07) is 2.31. The highest BCUT2D eigenvalue weighted by atomic mass is 16.2. The van der Waals surface area contributed by atoms with Crippen LogP contribution in [-0.2, 0) is 4.79 Å². The maximum atomic E-state index is 12.8. The van der Waals surface area contributed by atoms with Gasteiger partial charge in [0.05, 0.1) is 0 Å². The number of fused-ring (bicyclic) bond motifs is 5. The van der Waals surface area contributed by atoms with Gasteiger partial charge in [-0.2, -0.15) is 0 Å². The van der Waals surface area contributed by atoms with Crippen molar-refractivity contribution in [2.45, 2.75) is 51.0 Å². The van der Waals surface area contributed by atoms with E-state index in [9.17, 15) is 4.79 Å². The van der Waals surface area contributed by atoms with Crippen LogP contribution < -0.4 is 10.2 Å². The second kappa shape index (κ2) is 6.26. The molecule has 4 fully saturated rings. The van der Waals surface area contributed by atoms with Gasteiger partial charge in [-0.05, 0) is 68.3 Å². The topological polar surface area (TPSA) is 58.1 Å². The van der Waals surface area contributed by atoms with Gasteiger partial charge in [-0.25, -0.2) is 9.97 Å². The van der Waals surface area contributed by atoms with Crippen molar-refractivity contribution in [1.29, 1.82) is 0 Å². The molecule has 1 saturated heterocycles. The van der Waals surface area contributed by atoms with Crippen molar-refractivity contribution in [2.24, 2.45) is 29.6 Å². The first-order chi connectivity index (χ1) is 12.3. The number of nitrogens with zero attached hydrogens (tertiary/aromatic N) is 3. The summed E-state index contributed by atoms with van der Waals surface area (Å²) in [4.78, 5) is 23.7.